The summed E-state index contributed by atoms with van der Waals surface area (Å²) in [6.07, 6.45) is 1.87. The zero-order valence-electron chi connectivity index (χ0n) is 12.8. The number of nitrogens with one attached hydrogen (secondary N) is 1. The van der Waals surface area contributed by atoms with Crippen molar-refractivity contribution in [2.75, 3.05) is 11.9 Å². The van der Waals surface area contributed by atoms with E-state index in [9.17, 15) is 0 Å². The maximum Gasteiger partial charge on any atom is 0.133 e. The molecular formula is C17H22BrN3. The van der Waals surface area contributed by atoms with E-state index in [0.717, 1.165) is 23.4 Å². The highest BCUT2D eigenvalue weighted by Crippen LogP contribution is 2.25. The van der Waals surface area contributed by atoms with Gasteiger partial charge < -0.3 is 10.2 Å². The molecule has 112 valence electrons. The molecule has 0 amide bonds. The third-order valence-corrected chi connectivity index (χ3v) is 3.80. The molecular weight excluding hydrogens is 326 g/mol. The van der Waals surface area contributed by atoms with Crippen LogP contribution in [0.4, 0.5) is 5.82 Å². The topological polar surface area (TPSA) is 28.2 Å². The maximum atomic E-state index is 4.65. The van der Waals surface area contributed by atoms with Crippen molar-refractivity contribution in [2.24, 2.45) is 0 Å². The van der Waals surface area contributed by atoms with Gasteiger partial charge in [0.1, 0.15) is 5.82 Å². The summed E-state index contributed by atoms with van der Waals surface area (Å²) in [7, 11) is 1.96. The Labute approximate surface area is 135 Å². The molecule has 0 aliphatic carbocycles. The van der Waals surface area contributed by atoms with Crippen LogP contribution >= 0.6 is 15.9 Å². The molecule has 1 N–H and O–H groups in total. The van der Waals surface area contributed by atoms with Crippen LogP contribution in [0.25, 0.3) is 0 Å². The number of rotatable bonds is 6. The third-order valence-electron chi connectivity index (χ3n) is 3.37. The van der Waals surface area contributed by atoms with Gasteiger partial charge in [0.25, 0.3) is 0 Å². The molecule has 2 rings (SSSR count). The van der Waals surface area contributed by atoms with E-state index >= 15 is 0 Å². The molecule has 4 heteroatoms. The van der Waals surface area contributed by atoms with E-state index in [2.05, 4.69) is 75.3 Å². The standard InChI is InChI=1S/C17H22BrN3/c1-13(2)21(12-14-7-5-4-6-8-14)17-15(10-19-3)9-16(18)11-20-17/h4-9,11,13,19H,10,12H2,1-3H3. The summed E-state index contributed by atoms with van der Waals surface area (Å²) in [5.41, 5.74) is 2.50. The summed E-state index contributed by atoms with van der Waals surface area (Å²) < 4.78 is 1.01. The molecule has 0 aliphatic heterocycles. The van der Waals surface area contributed by atoms with Gasteiger partial charge in [0.05, 0.1) is 0 Å². The van der Waals surface area contributed by atoms with Crippen molar-refractivity contribution in [2.45, 2.75) is 33.0 Å². The van der Waals surface area contributed by atoms with E-state index in [4.69, 9.17) is 0 Å². The van der Waals surface area contributed by atoms with Gasteiger partial charge >= 0.3 is 0 Å². The Morgan fingerprint density at radius 3 is 2.57 bits per heavy atom. The average Bonchev–Trinajstić information content (AvgIpc) is 2.47. The smallest absolute Gasteiger partial charge is 0.133 e. The largest absolute Gasteiger partial charge is 0.350 e. The van der Waals surface area contributed by atoms with Crippen LogP contribution in [0.5, 0.6) is 0 Å². The highest BCUT2D eigenvalue weighted by molar-refractivity contribution is 9.10. The Bertz CT molecular complexity index is 570. The van der Waals surface area contributed by atoms with Gasteiger partial charge in [-0.3, -0.25) is 0 Å². The average molecular weight is 348 g/mol. The van der Waals surface area contributed by atoms with Crippen molar-refractivity contribution >= 4 is 21.7 Å². The monoisotopic (exact) mass is 347 g/mol. The van der Waals surface area contributed by atoms with E-state index in [0.29, 0.717) is 6.04 Å². The van der Waals surface area contributed by atoms with Crippen molar-refractivity contribution in [1.82, 2.24) is 10.3 Å². The first-order chi connectivity index (χ1) is 10.1. The minimum atomic E-state index is 0.384. The maximum absolute atomic E-state index is 4.65. The molecule has 2 aromatic rings. The van der Waals surface area contributed by atoms with Crippen LogP contribution in [0.2, 0.25) is 0 Å². The first-order valence-electron chi connectivity index (χ1n) is 7.21. The van der Waals surface area contributed by atoms with Crippen LogP contribution in [0, 0.1) is 0 Å². The van der Waals surface area contributed by atoms with Crippen LogP contribution in [-0.2, 0) is 13.1 Å². The molecule has 3 nitrogen and oxygen atoms in total. The fourth-order valence-corrected chi connectivity index (χ4v) is 2.71. The van der Waals surface area contributed by atoms with Gasteiger partial charge in [0.15, 0.2) is 0 Å². The molecule has 0 aliphatic rings. The van der Waals surface area contributed by atoms with E-state index in [1.54, 1.807) is 0 Å². The number of anilines is 1. The van der Waals surface area contributed by atoms with Gasteiger partial charge in [-0.1, -0.05) is 30.3 Å². The van der Waals surface area contributed by atoms with Crippen molar-refractivity contribution in [3.8, 4) is 0 Å². The van der Waals surface area contributed by atoms with E-state index < -0.39 is 0 Å². The Morgan fingerprint density at radius 1 is 1.24 bits per heavy atom. The molecule has 1 aromatic heterocycles. The summed E-state index contributed by atoms with van der Waals surface area (Å²) in [4.78, 5) is 7.00. The lowest BCUT2D eigenvalue weighted by Gasteiger charge is -2.30. The molecule has 0 unspecified atom stereocenters. The Balaban J connectivity index is 2.34. The number of hydrogen-bond acceptors (Lipinski definition) is 3. The number of hydrogen-bond donors (Lipinski definition) is 1. The van der Waals surface area contributed by atoms with Gasteiger partial charge in [0, 0.05) is 35.4 Å². The van der Waals surface area contributed by atoms with Gasteiger partial charge in [-0.05, 0) is 48.5 Å². The summed E-state index contributed by atoms with van der Waals surface area (Å²) in [5, 5.41) is 3.22. The number of pyridine rings is 1. The van der Waals surface area contributed by atoms with Crippen LogP contribution in [0.15, 0.2) is 47.1 Å². The van der Waals surface area contributed by atoms with E-state index in [1.807, 2.05) is 19.3 Å². The summed E-state index contributed by atoms with van der Waals surface area (Å²) in [5.74, 6) is 1.05. The molecule has 0 radical (unpaired) electrons. The van der Waals surface area contributed by atoms with Crippen LogP contribution in [0.3, 0.4) is 0 Å². The molecule has 0 bridgehead atoms. The number of aromatic nitrogens is 1. The second-order valence-electron chi connectivity index (χ2n) is 5.37. The predicted molar refractivity (Wildman–Crippen MR) is 92.5 cm³/mol. The normalized spacial score (nSPS) is 10.9. The minimum absolute atomic E-state index is 0.384. The Kier molecular flexibility index (Phi) is 5.76. The lowest BCUT2D eigenvalue weighted by molar-refractivity contribution is 0.663. The highest BCUT2D eigenvalue weighted by atomic mass is 79.9. The molecule has 0 fully saturated rings. The highest BCUT2D eigenvalue weighted by Gasteiger charge is 2.16. The quantitative estimate of drug-likeness (QED) is 0.856. The predicted octanol–water partition coefficient (Wildman–Crippen LogP) is 3.98. The van der Waals surface area contributed by atoms with Gasteiger partial charge in [-0.2, -0.15) is 0 Å². The first kappa shape index (κ1) is 16.0. The van der Waals surface area contributed by atoms with Crippen LogP contribution < -0.4 is 10.2 Å². The third kappa shape index (κ3) is 4.29. The molecule has 0 saturated heterocycles. The molecule has 0 saturated carbocycles. The van der Waals surface area contributed by atoms with Crippen LogP contribution in [-0.4, -0.2) is 18.1 Å². The molecule has 0 spiro atoms. The van der Waals surface area contributed by atoms with Crippen molar-refractivity contribution < 1.29 is 0 Å². The molecule has 1 aromatic carbocycles. The van der Waals surface area contributed by atoms with E-state index in [1.165, 1.54) is 11.1 Å². The molecule has 21 heavy (non-hydrogen) atoms. The minimum Gasteiger partial charge on any atom is -0.350 e. The van der Waals surface area contributed by atoms with Gasteiger partial charge in [-0.15, -0.1) is 0 Å². The SMILES string of the molecule is CNCc1cc(Br)cnc1N(Cc1ccccc1)C(C)C. The van der Waals surface area contributed by atoms with Crippen molar-refractivity contribution in [1.29, 1.82) is 0 Å². The zero-order chi connectivity index (χ0) is 15.2. The fraction of sp³-hybridized carbons (Fsp3) is 0.353. The van der Waals surface area contributed by atoms with Crippen molar-refractivity contribution in [3.63, 3.8) is 0 Å². The Morgan fingerprint density at radius 2 is 1.95 bits per heavy atom. The summed E-state index contributed by atoms with van der Waals surface area (Å²) >= 11 is 3.51. The summed E-state index contributed by atoms with van der Waals surface area (Å²) in [6.45, 7) is 6.08. The molecule has 1 heterocycles. The number of benzene rings is 1. The summed E-state index contributed by atoms with van der Waals surface area (Å²) in [6, 6.07) is 13.0. The number of nitrogens with zero attached hydrogens (tertiary/aromatic N) is 2. The lowest BCUT2D eigenvalue weighted by Crippen LogP contribution is -2.32. The lowest BCUT2D eigenvalue weighted by atomic mass is 10.1. The Hall–Kier alpha value is -1.39. The first-order valence-corrected chi connectivity index (χ1v) is 8.00. The van der Waals surface area contributed by atoms with Crippen molar-refractivity contribution in [3.05, 3.63) is 58.2 Å². The zero-order valence-corrected chi connectivity index (χ0v) is 14.4. The fourth-order valence-electron chi connectivity index (χ4n) is 2.34. The van der Waals surface area contributed by atoms with Crippen LogP contribution in [0.1, 0.15) is 25.0 Å². The number of halogens is 1. The second-order valence-corrected chi connectivity index (χ2v) is 6.29. The van der Waals surface area contributed by atoms with Gasteiger partial charge in [-0.25, -0.2) is 4.98 Å². The molecule has 0 atom stereocenters. The van der Waals surface area contributed by atoms with E-state index in [-0.39, 0.29) is 0 Å². The second kappa shape index (κ2) is 7.57. The van der Waals surface area contributed by atoms with Gasteiger partial charge in [0.2, 0.25) is 0 Å².